The van der Waals surface area contributed by atoms with E-state index in [1.54, 1.807) is 31.2 Å². The lowest BCUT2D eigenvalue weighted by Gasteiger charge is -2.41. The Balaban J connectivity index is 2.27. The molecule has 2 rings (SSSR count). The van der Waals surface area contributed by atoms with Gasteiger partial charge in [-0.3, -0.25) is 14.4 Å². The van der Waals surface area contributed by atoms with Crippen LogP contribution in [0, 0.1) is 18.2 Å². The number of hydrogen-bond donors (Lipinski definition) is 3. The Morgan fingerprint density at radius 3 is 2.00 bits per heavy atom. The lowest BCUT2D eigenvalue weighted by atomic mass is 9.84. The third-order valence-electron chi connectivity index (χ3n) is 6.31. The van der Waals surface area contributed by atoms with Gasteiger partial charge in [0.05, 0.1) is 6.04 Å². The van der Waals surface area contributed by atoms with Crippen molar-refractivity contribution in [1.82, 2.24) is 9.80 Å². The van der Waals surface area contributed by atoms with Crippen molar-refractivity contribution in [1.29, 1.82) is 0 Å². The molecule has 5 N–H and O–H groups in total. The maximum atomic E-state index is 13.7. The average Bonchev–Trinajstić information content (AvgIpc) is 2.79. The number of likely N-dealkylation sites (N-methyl/N-ethyl adjacent to an activating group) is 2. The minimum absolute atomic E-state index is 0.128. The number of phenolic OH excluding ortho intramolecular Hbond substituents is 1. The maximum Gasteiger partial charge on any atom is 0.246 e. The number of benzene rings is 2. The van der Waals surface area contributed by atoms with Gasteiger partial charge in [-0.25, -0.2) is 4.39 Å². The van der Waals surface area contributed by atoms with Crippen LogP contribution < -0.4 is 11.5 Å². The monoisotopic (exact) mass is 500 g/mol. The lowest BCUT2D eigenvalue weighted by Crippen LogP contribution is -2.60. The van der Waals surface area contributed by atoms with Gasteiger partial charge in [0, 0.05) is 20.5 Å². The van der Waals surface area contributed by atoms with Gasteiger partial charge < -0.3 is 26.4 Å². The fourth-order valence-corrected chi connectivity index (χ4v) is 4.31. The highest BCUT2D eigenvalue weighted by Crippen LogP contribution is 2.27. The number of nitrogens with zero attached hydrogens (tertiary/aromatic N) is 2. The fourth-order valence-electron chi connectivity index (χ4n) is 4.31. The van der Waals surface area contributed by atoms with Crippen molar-refractivity contribution in [2.45, 2.75) is 58.7 Å². The smallest absolute Gasteiger partial charge is 0.246 e. The summed E-state index contributed by atoms with van der Waals surface area (Å²) in [5, 5.41) is 9.79. The van der Waals surface area contributed by atoms with E-state index >= 15 is 0 Å². The van der Waals surface area contributed by atoms with Crippen LogP contribution in [-0.2, 0) is 27.2 Å². The summed E-state index contributed by atoms with van der Waals surface area (Å²) >= 11 is 0. The Hall–Kier alpha value is -3.46. The number of primary amides is 1. The van der Waals surface area contributed by atoms with Gasteiger partial charge in [0.1, 0.15) is 23.7 Å². The predicted octanol–water partition coefficient (Wildman–Crippen LogP) is 2.14. The van der Waals surface area contributed by atoms with Crippen molar-refractivity contribution in [2.75, 3.05) is 14.1 Å². The molecule has 196 valence electrons. The second-order valence-electron chi connectivity index (χ2n) is 10.3. The number of aromatic hydroxyl groups is 1. The number of phenols is 1. The van der Waals surface area contributed by atoms with Crippen molar-refractivity contribution >= 4 is 17.7 Å². The predicted molar refractivity (Wildman–Crippen MR) is 136 cm³/mol. The first-order chi connectivity index (χ1) is 16.6. The van der Waals surface area contributed by atoms with Crippen molar-refractivity contribution in [2.24, 2.45) is 16.9 Å². The molecule has 0 unspecified atom stereocenters. The van der Waals surface area contributed by atoms with Crippen LogP contribution in [0.4, 0.5) is 4.39 Å². The summed E-state index contributed by atoms with van der Waals surface area (Å²) < 4.78 is 13.2. The zero-order valence-electron chi connectivity index (χ0n) is 21.8. The van der Waals surface area contributed by atoms with Crippen LogP contribution in [-0.4, -0.2) is 64.8 Å². The highest BCUT2D eigenvalue weighted by atomic mass is 19.1. The summed E-state index contributed by atoms with van der Waals surface area (Å²) in [6, 6.07) is 7.79. The third kappa shape index (κ3) is 7.04. The summed E-state index contributed by atoms with van der Waals surface area (Å²) in [7, 11) is 3.00. The van der Waals surface area contributed by atoms with Gasteiger partial charge in [-0.2, -0.15) is 0 Å². The molecule has 9 heteroatoms. The van der Waals surface area contributed by atoms with Crippen LogP contribution in [0.2, 0.25) is 0 Å². The number of nitrogens with two attached hydrogens (primary N) is 2. The fraction of sp³-hybridized carbons (Fsp3) is 0.444. The van der Waals surface area contributed by atoms with E-state index in [-0.39, 0.29) is 24.4 Å². The van der Waals surface area contributed by atoms with Gasteiger partial charge in [0.15, 0.2) is 0 Å². The second-order valence-corrected chi connectivity index (χ2v) is 10.3. The Kier molecular flexibility index (Phi) is 9.21. The van der Waals surface area contributed by atoms with E-state index in [0.717, 1.165) is 5.56 Å². The largest absolute Gasteiger partial charge is 0.508 e. The molecule has 0 aromatic heterocycles. The van der Waals surface area contributed by atoms with Crippen molar-refractivity contribution in [3.63, 3.8) is 0 Å². The van der Waals surface area contributed by atoms with Crippen molar-refractivity contribution in [3.8, 4) is 5.75 Å². The van der Waals surface area contributed by atoms with Crippen LogP contribution in [0.3, 0.4) is 0 Å². The number of hydrogen-bond acceptors (Lipinski definition) is 5. The zero-order chi connectivity index (χ0) is 27.4. The first-order valence-corrected chi connectivity index (χ1v) is 11.7. The van der Waals surface area contributed by atoms with Gasteiger partial charge in [-0.15, -0.1) is 0 Å². The molecule has 8 nitrogen and oxygen atoms in total. The van der Waals surface area contributed by atoms with E-state index in [0.29, 0.717) is 11.1 Å². The van der Waals surface area contributed by atoms with Gasteiger partial charge in [0.2, 0.25) is 17.7 Å². The van der Waals surface area contributed by atoms with Crippen molar-refractivity contribution in [3.05, 3.63) is 65.0 Å². The molecule has 0 aliphatic carbocycles. The van der Waals surface area contributed by atoms with Gasteiger partial charge >= 0.3 is 0 Å². The molecular formula is C27H37FN4O4. The molecule has 0 fully saturated rings. The first kappa shape index (κ1) is 28.8. The quantitative estimate of drug-likeness (QED) is 0.486. The molecule has 0 heterocycles. The molecule has 0 spiro atoms. The maximum absolute atomic E-state index is 13.7. The number of rotatable bonds is 9. The van der Waals surface area contributed by atoms with Gasteiger partial charge in [-0.05, 0) is 53.6 Å². The van der Waals surface area contributed by atoms with E-state index in [9.17, 15) is 23.9 Å². The topological polar surface area (TPSA) is 130 Å². The van der Waals surface area contributed by atoms with Crippen LogP contribution in [0.1, 0.15) is 37.5 Å². The van der Waals surface area contributed by atoms with Crippen LogP contribution >= 0.6 is 0 Å². The molecule has 3 amide bonds. The summed E-state index contributed by atoms with van der Waals surface area (Å²) in [4.78, 5) is 41.9. The summed E-state index contributed by atoms with van der Waals surface area (Å²) in [6.07, 6.45) is 0.325. The molecule has 3 atom stereocenters. The van der Waals surface area contributed by atoms with Crippen molar-refractivity contribution < 1.29 is 23.9 Å². The van der Waals surface area contributed by atoms with E-state index in [2.05, 4.69) is 0 Å². The Bertz CT molecular complexity index is 1100. The van der Waals surface area contributed by atoms with Crippen LogP contribution in [0.5, 0.6) is 5.75 Å². The Morgan fingerprint density at radius 2 is 1.50 bits per heavy atom. The van der Waals surface area contributed by atoms with Crippen LogP contribution in [0.25, 0.3) is 0 Å². The van der Waals surface area contributed by atoms with E-state index in [1.165, 1.54) is 42.1 Å². The second kappa shape index (κ2) is 11.5. The molecule has 0 saturated carbocycles. The number of amides is 3. The lowest BCUT2D eigenvalue weighted by molar-refractivity contribution is -0.151. The summed E-state index contributed by atoms with van der Waals surface area (Å²) in [6.45, 7) is 7.20. The van der Waals surface area contributed by atoms with Crippen LogP contribution in [0.15, 0.2) is 42.5 Å². The molecule has 36 heavy (non-hydrogen) atoms. The first-order valence-electron chi connectivity index (χ1n) is 11.7. The summed E-state index contributed by atoms with van der Waals surface area (Å²) in [5.74, 6) is -1.85. The minimum Gasteiger partial charge on any atom is -0.508 e. The highest BCUT2D eigenvalue weighted by molar-refractivity contribution is 5.93. The Morgan fingerprint density at radius 1 is 0.944 bits per heavy atom. The average molecular weight is 501 g/mol. The molecule has 0 bridgehead atoms. The third-order valence-corrected chi connectivity index (χ3v) is 6.31. The number of halogens is 1. The minimum atomic E-state index is -0.970. The van der Waals surface area contributed by atoms with E-state index in [4.69, 9.17) is 11.5 Å². The van der Waals surface area contributed by atoms with E-state index in [1.807, 2.05) is 20.8 Å². The van der Waals surface area contributed by atoms with Gasteiger partial charge in [0.25, 0.3) is 0 Å². The number of aryl methyl sites for hydroxylation is 1. The molecule has 0 saturated heterocycles. The molecule has 0 radical (unpaired) electrons. The molecule has 0 aliphatic rings. The molecular weight excluding hydrogens is 463 g/mol. The SMILES string of the molecule is Cc1cc(C[C@@H](C(N)=O)N(C)C(=O)[C@@H](N(C)C(=O)[C@@H](N)Cc2ccc(F)cc2)C(C)(C)C)ccc1O. The molecule has 0 aliphatic heterocycles. The number of carbonyl (C=O) groups excluding carboxylic acids is 3. The highest BCUT2D eigenvalue weighted by Gasteiger charge is 2.42. The standard InChI is InChI=1S/C27H37FN4O4/c1-16-13-18(9-12-22(16)33)15-21(24(30)34)31(5)26(36)23(27(2,3)4)32(6)25(35)20(29)14-17-7-10-19(28)11-8-17/h7-13,20-21,23,33H,14-15,29H2,1-6H3,(H2,30,34)/t20-,21-,23+/m0/s1. The Labute approximate surface area is 212 Å². The molecule has 2 aromatic carbocycles. The number of carbonyl (C=O) groups is 3. The summed E-state index contributed by atoms with van der Waals surface area (Å²) in [5.41, 5.74) is 13.2. The zero-order valence-corrected chi connectivity index (χ0v) is 21.8. The van der Waals surface area contributed by atoms with E-state index < -0.39 is 41.3 Å². The van der Waals surface area contributed by atoms with Gasteiger partial charge in [-0.1, -0.05) is 45.0 Å². The normalized spacial score (nSPS) is 14.0. The molecule has 2 aromatic rings.